The fraction of sp³-hybridized carbons (Fsp3) is 0.294. The van der Waals surface area contributed by atoms with Gasteiger partial charge in [-0.15, -0.1) is 0 Å². The van der Waals surface area contributed by atoms with Gasteiger partial charge in [0.25, 0.3) is 0 Å². The molecule has 0 aliphatic heterocycles. The molecule has 0 aliphatic carbocycles. The molecule has 118 valence electrons. The average Bonchev–Trinajstić information content (AvgIpc) is 2.52. The lowest BCUT2D eigenvalue weighted by molar-refractivity contribution is 0.286. The Morgan fingerprint density at radius 3 is 2.50 bits per heavy atom. The highest BCUT2D eigenvalue weighted by molar-refractivity contribution is 9.10. The largest absolute Gasteiger partial charge is 0.488 e. The van der Waals surface area contributed by atoms with Gasteiger partial charge in [-0.1, -0.05) is 29.8 Å². The molecule has 3 nitrogen and oxygen atoms in total. The van der Waals surface area contributed by atoms with Gasteiger partial charge in [0.05, 0.1) is 4.47 Å². The van der Waals surface area contributed by atoms with E-state index in [1.54, 1.807) is 0 Å². The number of aliphatic hydroxyl groups excluding tert-OH is 1. The SMILES string of the molecule is OCCCNCc1ccc(OCc2ccc(Cl)cc2)c(Br)c1. The molecule has 0 aliphatic rings. The van der Waals surface area contributed by atoms with E-state index in [9.17, 15) is 0 Å². The van der Waals surface area contributed by atoms with E-state index in [1.807, 2.05) is 42.5 Å². The van der Waals surface area contributed by atoms with Gasteiger partial charge in [0.15, 0.2) is 0 Å². The molecule has 0 spiro atoms. The van der Waals surface area contributed by atoms with Crippen LogP contribution >= 0.6 is 27.5 Å². The Bertz CT molecular complexity index is 590. The zero-order valence-corrected chi connectivity index (χ0v) is 14.5. The van der Waals surface area contributed by atoms with E-state index in [0.29, 0.717) is 6.61 Å². The van der Waals surface area contributed by atoms with E-state index in [-0.39, 0.29) is 6.61 Å². The maximum Gasteiger partial charge on any atom is 0.134 e. The van der Waals surface area contributed by atoms with Gasteiger partial charge in [0.2, 0.25) is 0 Å². The highest BCUT2D eigenvalue weighted by atomic mass is 79.9. The van der Waals surface area contributed by atoms with Gasteiger partial charge in [-0.2, -0.15) is 0 Å². The van der Waals surface area contributed by atoms with E-state index < -0.39 is 0 Å². The lowest BCUT2D eigenvalue weighted by Crippen LogP contribution is -2.15. The molecule has 0 saturated heterocycles. The Balaban J connectivity index is 1.87. The molecule has 2 rings (SSSR count). The third kappa shape index (κ3) is 5.61. The second kappa shape index (κ2) is 9.16. The summed E-state index contributed by atoms with van der Waals surface area (Å²) in [5, 5.41) is 12.7. The predicted molar refractivity (Wildman–Crippen MR) is 93.3 cm³/mol. The number of benzene rings is 2. The molecule has 2 N–H and O–H groups in total. The highest BCUT2D eigenvalue weighted by Gasteiger charge is 2.03. The number of hydrogen-bond donors (Lipinski definition) is 2. The molecule has 22 heavy (non-hydrogen) atoms. The smallest absolute Gasteiger partial charge is 0.134 e. The summed E-state index contributed by atoms with van der Waals surface area (Å²) in [6.07, 6.45) is 0.767. The lowest BCUT2D eigenvalue weighted by atomic mass is 10.2. The minimum atomic E-state index is 0.216. The van der Waals surface area contributed by atoms with Gasteiger partial charge in [-0.25, -0.2) is 0 Å². The minimum absolute atomic E-state index is 0.216. The Hall–Kier alpha value is -1.07. The molecular weight excluding hydrogens is 366 g/mol. The Kier molecular flexibility index (Phi) is 7.19. The summed E-state index contributed by atoms with van der Waals surface area (Å²) in [4.78, 5) is 0. The summed E-state index contributed by atoms with van der Waals surface area (Å²) in [6.45, 7) is 2.30. The molecule has 0 aromatic heterocycles. The van der Waals surface area contributed by atoms with Crippen molar-refractivity contribution in [3.8, 4) is 5.75 Å². The maximum atomic E-state index is 8.74. The standard InChI is InChI=1S/C17H19BrClNO2/c18-16-10-14(11-20-8-1-9-21)4-7-17(16)22-12-13-2-5-15(19)6-3-13/h2-7,10,20-21H,1,8-9,11-12H2. The van der Waals surface area contributed by atoms with Crippen molar-refractivity contribution in [2.45, 2.75) is 19.6 Å². The summed E-state index contributed by atoms with van der Waals surface area (Å²) >= 11 is 9.41. The fourth-order valence-electron chi connectivity index (χ4n) is 1.95. The van der Waals surface area contributed by atoms with Gasteiger partial charge in [0.1, 0.15) is 12.4 Å². The van der Waals surface area contributed by atoms with Crippen LogP contribution in [0.1, 0.15) is 17.5 Å². The minimum Gasteiger partial charge on any atom is -0.488 e. The van der Waals surface area contributed by atoms with Crippen LogP contribution in [0, 0.1) is 0 Å². The van der Waals surface area contributed by atoms with Crippen molar-refractivity contribution >= 4 is 27.5 Å². The van der Waals surface area contributed by atoms with Crippen LogP contribution in [0.15, 0.2) is 46.9 Å². The zero-order valence-electron chi connectivity index (χ0n) is 12.2. The molecule has 0 saturated carbocycles. The molecule has 0 heterocycles. The number of ether oxygens (including phenoxy) is 1. The van der Waals surface area contributed by atoms with Gasteiger partial charge < -0.3 is 15.2 Å². The number of halogens is 2. The van der Waals surface area contributed by atoms with E-state index >= 15 is 0 Å². The summed E-state index contributed by atoms with van der Waals surface area (Å²) < 4.78 is 6.75. The highest BCUT2D eigenvalue weighted by Crippen LogP contribution is 2.27. The molecule has 0 unspecified atom stereocenters. The molecule has 0 fully saturated rings. The first-order chi connectivity index (χ1) is 10.7. The second-order valence-corrected chi connectivity index (χ2v) is 6.22. The average molecular weight is 385 g/mol. The van der Waals surface area contributed by atoms with Crippen LogP contribution in [0.25, 0.3) is 0 Å². The number of aliphatic hydroxyl groups is 1. The van der Waals surface area contributed by atoms with Crippen LogP contribution < -0.4 is 10.1 Å². The Morgan fingerprint density at radius 2 is 1.82 bits per heavy atom. The molecule has 2 aromatic rings. The monoisotopic (exact) mass is 383 g/mol. The summed E-state index contributed by atoms with van der Waals surface area (Å²) in [5.74, 6) is 0.814. The normalized spacial score (nSPS) is 10.7. The Morgan fingerprint density at radius 1 is 1.09 bits per heavy atom. The number of hydrogen-bond acceptors (Lipinski definition) is 3. The topological polar surface area (TPSA) is 41.5 Å². The maximum absolute atomic E-state index is 8.74. The van der Waals surface area contributed by atoms with Crippen molar-refractivity contribution in [2.24, 2.45) is 0 Å². The number of nitrogens with one attached hydrogen (secondary N) is 1. The fourth-order valence-corrected chi connectivity index (χ4v) is 2.62. The first-order valence-corrected chi connectivity index (χ1v) is 8.33. The molecule has 0 amide bonds. The molecule has 0 bridgehead atoms. The molecule has 0 radical (unpaired) electrons. The van der Waals surface area contributed by atoms with Crippen LogP contribution in [0.3, 0.4) is 0 Å². The van der Waals surface area contributed by atoms with E-state index in [4.69, 9.17) is 21.4 Å². The van der Waals surface area contributed by atoms with E-state index in [0.717, 1.165) is 40.3 Å². The third-order valence-electron chi connectivity index (χ3n) is 3.14. The first kappa shape index (κ1) is 17.3. The van der Waals surface area contributed by atoms with Crippen LogP contribution in [-0.4, -0.2) is 18.3 Å². The van der Waals surface area contributed by atoms with Crippen molar-refractivity contribution in [2.75, 3.05) is 13.2 Å². The van der Waals surface area contributed by atoms with Crippen LogP contribution in [0.5, 0.6) is 5.75 Å². The van der Waals surface area contributed by atoms with Crippen LogP contribution in [-0.2, 0) is 13.2 Å². The third-order valence-corrected chi connectivity index (χ3v) is 4.02. The molecule has 5 heteroatoms. The number of rotatable bonds is 8. The second-order valence-electron chi connectivity index (χ2n) is 4.93. The van der Waals surface area contributed by atoms with Gasteiger partial charge in [-0.05, 0) is 64.3 Å². The van der Waals surface area contributed by atoms with Crippen molar-refractivity contribution in [3.05, 3.63) is 63.1 Å². The van der Waals surface area contributed by atoms with Gasteiger partial charge in [0, 0.05) is 18.2 Å². The summed E-state index contributed by atoms with van der Waals surface area (Å²) in [7, 11) is 0. The quantitative estimate of drug-likeness (QED) is 0.672. The Labute approximate surface area is 144 Å². The van der Waals surface area contributed by atoms with Gasteiger partial charge in [-0.3, -0.25) is 0 Å². The van der Waals surface area contributed by atoms with Crippen LogP contribution in [0.2, 0.25) is 5.02 Å². The van der Waals surface area contributed by atoms with Crippen molar-refractivity contribution < 1.29 is 9.84 Å². The van der Waals surface area contributed by atoms with E-state index in [1.165, 1.54) is 5.56 Å². The predicted octanol–water partition coefficient (Wildman–Crippen LogP) is 4.15. The molecule has 2 aromatic carbocycles. The van der Waals surface area contributed by atoms with E-state index in [2.05, 4.69) is 21.2 Å². The van der Waals surface area contributed by atoms with Crippen molar-refractivity contribution in [1.82, 2.24) is 5.32 Å². The van der Waals surface area contributed by atoms with Crippen LogP contribution in [0.4, 0.5) is 0 Å². The zero-order chi connectivity index (χ0) is 15.8. The van der Waals surface area contributed by atoms with Crippen molar-refractivity contribution in [1.29, 1.82) is 0 Å². The molecular formula is C17H19BrClNO2. The first-order valence-electron chi connectivity index (χ1n) is 7.16. The van der Waals surface area contributed by atoms with Gasteiger partial charge >= 0.3 is 0 Å². The summed E-state index contributed by atoms with van der Waals surface area (Å²) in [6, 6.07) is 13.7. The lowest BCUT2D eigenvalue weighted by Gasteiger charge is -2.10. The molecule has 0 atom stereocenters. The summed E-state index contributed by atoms with van der Waals surface area (Å²) in [5.41, 5.74) is 2.25. The van der Waals surface area contributed by atoms with Crippen molar-refractivity contribution in [3.63, 3.8) is 0 Å².